The molecule has 0 radical (unpaired) electrons. The predicted molar refractivity (Wildman–Crippen MR) is 124 cm³/mol. The number of hydrogen-bond acceptors (Lipinski definition) is 5. The number of nitrogens with one attached hydrogen (secondary N) is 1. The van der Waals surface area contributed by atoms with Crippen LogP contribution < -0.4 is 14.5 Å². The minimum absolute atomic E-state index is 0.115. The quantitative estimate of drug-likeness (QED) is 0.535. The molecule has 1 aromatic carbocycles. The number of aryl methyl sites for hydroxylation is 1. The average molecular weight is 451 g/mol. The zero-order chi connectivity index (χ0) is 21.8. The first-order chi connectivity index (χ1) is 14.3. The number of aromatic nitrogens is 2. The molecule has 7 nitrogen and oxygen atoms in total. The Kier molecular flexibility index (Phi) is 7.39. The fourth-order valence-corrected chi connectivity index (χ4v) is 3.73. The molecule has 0 amide bonds. The van der Waals surface area contributed by atoms with E-state index in [1.165, 1.54) is 0 Å². The summed E-state index contributed by atoms with van der Waals surface area (Å²) in [7, 11) is 3.54. The van der Waals surface area contributed by atoms with E-state index in [0.717, 1.165) is 43.9 Å². The molecule has 1 N–H and O–H groups in total. The first-order valence-corrected chi connectivity index (χ1v) is 10.8. The molecule has 0 spiro atoms. The van der Waals surface area contributed by atoms with E-state index in [1.54, 1.807) is 36.0 Å². The Balaban J connectivity index is 1.75. The monoisotopic (exact) mass is 450 g/mol. The van der Waals surface area contributed by atoms with Crippen molar-refractivity contribution in [2.75, 3.05) is 43.5 Å². The molecule has 1 aliphatic heterocycles. The second-order valence-electron chi connectivity index (χ2n) is 7.46. The van der Waals surface area contributed by atoms with Gasteiger partial charge in [-0.1, -0.05) is 30.1 Å². The minimum Gasteiger partial charge on any atom is -0.473 e. The van der Waals surface area contributed by atoms with Gasteiger partial charge in [-0.05, 0) is 51.1 Å². The molecule has 0 bridgehead atoms. The molecule has 1 aliphatic rings. The SMILES string of the molecule is CCN1CCCC(Oc2cc(C)nc(N(C)C(=N)N(C)c3ccc(Cl)c(Cl)c3)n2)C1. The summed E-state index contributed by atoms with van der Waals surface area (Å²) in [5.41, 5.74) is 1.53. The molecule has 3 rings (SSSR count). The highest BCUT2D eigenvalue weighted by molar-refractivity contribution is 6.42. The van der Waals surface area contributed by atoms with Gasteiger partial charge in [0.15, 0.2) is 0 Å². The van der Waals surface area contributed by atoms with Crippen LogP contribution >= 0.6 is 23.2 Å². The van der Waals surface area contributed by atoms with Gasteiger partial charge in [-0.15, -0.1) is 0 Å². The van der Waals surface area contributed by atoms with Crippen molar-refractivity contribution in [1.82, 2.24) is 14.9 Å². The Morgan fingerprint density at radius 1 is 1.20 bits per heavy atom. The number of benzene rings is 1. The molecule has 1 atom stereocenters. The number of likely N-dealkylation sites (tertiary alicyclic amines) is 1. The fourth-order valence-electron chi connectivity index (χ4n) is 3.44. The van der Waals surface area contributed by atoms with Crippen LogP contribution in [0.3, 0.4) is 0 Å². The normalized spacial score (nSPS) is 16.9. The highest BCUT2D eigenvalue weighted by Crippen LogP contribution is 2.27. The number of halogens is 2. The number of hydrogen-bond donors (Lipinski definition) is 1. The predicted octanol–water partition coefficient (Wildman–Crippen LogP) is 4.46. The van der Waals surface area contributed by atoms with Crippen LogP contribution in [0.4, 0.5) is 11.6 Å². The summed E-state index contributed by atoms with van der Waals surface area (Å²) in [5, 5.41) is 9.50. The molecule has 1 unspecified atom stereocenters. The highest BCUT2D eigenvalue weighted by Gasteiger charge is 2.22. The summed E-state index contributed by atoms with van der Waals surface area (Å²) in [6, 6.07) is 7.08. The van der Waals surface area contributed by atoms with Crippen molar-refractivity contribution in [2.24, 2.45) is 0 Å². The van der Waals surface area contributed by atoms with Gasteiger partial charge < -0.3 is 9.64 Å². The van der Waals surface area contributed by atoms with Crippen LogP contribution in [0, 0.1) is 12.3 Å². The lowest BCUT2D eigenvalue weighted by atomic mass is 10.1. The molecule has 1 aromatic heterocycles. The van der Waals surface area contributed by atoms with Crippen LogP contribution in [0.2, 0.25) is 10.0 Å². The highest BCUT2D eigenvalue weighted by atomic mass is 35.5. The molecule has 0 aliphatic carbocycles. The largest absolute Gasteiger partial charge is 0.473 e. The van der Waals surface area contributed by atoms with Crippen LogP contribution in [-0.4, -0.2) is 60.7 Å². The van der Waals surface area contributed by atoms with Crippen LogP contribution in [-0.2, 0) is 0 Å². The van der Waals surface area contributed by atoms with Gasteiger partial charge in [0, 0.05) is 38.1 Å². The number of rotatable bonds is 5. The maximum absolute atomic E-state index is 8.59. The third-order valence-electron chi connectivity index (χ3n) is 5.24. The number of ether oxygens (including phenoxy) is 1. The van der Waals surface area contributed by atoms with Crippen molar-refractivity contribution < 1.29 is 4.74 Å². The Labute approximate surface area is 188 Å². The third kappa shape index (κ3) is 5.33. The van der Waals surface area contributed by atoms with E-state index in [4.69, 9.17) is 33.3 Å². The van der Waals surface area contributed by atoms with Crippen LogP contribution in [0.1, 0.15) is 25.5 Å². The van der Waals surface area contributed by atoms with Crippen molar-refractivity contribution in [3.05, 3.63) is 40.0 Å². The molecular formula is C21H28Cl2N6O. The summed E-state index contributed by atoms with van der Waals surface area (Å²) in [6.45, 7) is 7.11. The summed E-state index contributed by atoms with van der Waals surface area (Å²) >= 11 is 12.1. The lowest BCUT2D eigenvalue weighted by Gasteiger charge is -2.32. The Bertz CT molecular complexity index is 909. The fraction of sp³-hybridized carbons (Fsp3) is 0.476. The molecule has 30 heavy (non-hydrogen) atoms. The smallest absolute Gasteiger partial charge is 0.235 e. The second kappa shape index (κ2) is 9.81. The van der Waals surface area contributed by atoms with E-state index in [1.807, 2.05) is 19.1 Å². The van der Waals surface area contributed by atoms with Crippen molar-refractivity contribution in [3.8, 4) is 5.88 Å². The van der Waals surface area contributed by atoms with Gasteiger partial charge >= 0.3 is 0 Å². The Hall–Kier alpha value is -2.09. The van der Waals surface area contributed by atoms with Gasteiger partial charge in [0.05, 0.1) is 10.0 Å². The average Bonchev–Trinajstić information content (AvgIpc) is 2.73. The van der Waals surface area contributed by atoms with Gasteiger partial charge in [-0.25, -0.2) is 4.98 Å². The van der Waals surface area contributed by atoms with Crippen LogP contribution in [0.5, 0.6) is 5.88 Å². The first kappa shape index (κ1) is 22.6. The summed E-state index contributed by atoms with van der Waals surface area (Å²) < 4.78 is 6.18. The van der Waals surface area contributed by atoms with Crippen molar-refractivity contribution in [1.29, 1.82) is 5.41 Å². The van der Waals surface area contributed by atoms with Gasteiger partial charge in [0.1, 0.15) is 6.10 Å². The van der Waals surface area contributed by atoms with E-state index in [2.05, 4.69) is 21.8 Å². The number of piperidine rings is 1. The van der Waals surface area contributed by atoms with Gasteiger partial charge in [-0.3, -0.25) is 15.2 Å². The Morgan fingerprint density at radius 2 is 1.97 bits per heavy atom. The molecule has 1 fully saturated rings. The Morgan fingerprint density at radius 3 is 2.67 bits per heavy atom. The van der Waals surface area contributed by atoms with E-state index in [9.17, 15) is 0 Å². The molecule has 2 aromatic rings. The van der Waals surface area contributed by atoms with E-state index in [-0.39, 0.29) is 12.1 Å². The molecule has 162 valence electrons. The van der Waals surface area contributed by atoms with Gasteiger partial charge in [0.2, 0.25) is 17.8 Å². The standard InChI is InChI=1S/C21H28Cl2N6O/c1-5-29-10-6-7-16(13-29)30-19-11-14(2)25-21(26-19)28(4)20(24)27(3)15-8-9-17(22)18(23)12-15/h8-9,11-12,16,24H,5-7,10,13H2,1-4H3. The number of anilines is 2. The third-order valence-corrected chi connectivity index (χ3v) is 5.98. The zero-order valence-corrected chi connectivity index (χ0v) is 19.3. The first-order valence-electron chi connectivity index (χ1n) is 10.0. The molecule has 2 heterocycles. The number of nitrogens with zero attached hydrogens (tertiary/aromatic N) is 5. The lowest BCUT2D eigenvalue weighted by Crippen LogP contribution is -2.41. The van der Waals surface area contributed by atoms with E-state index in [0.29, 0.717) is 21.9 Å². The van der Waals surface area contributed by atoms with E-state index >= 15 is 0 Å². The summed E-state index contributed by atoms with van der Waals surface area (Å²) in [6.07, 6.45) is 2.25. The number of guanidine groups is 1. The summed E-state index contributed by atoms with van der Waals surface area (Å²) in [5.74, 6) is 1.14. The topological polar surface area (TPSA) is 68.6 Å². The molecule has 1 saturated heterocycles. The minimum atomic E-state index is 0.115. The summed E-state index contributed by atoms with van der Waals surface area (Å²) in [4.78, 5) is 14.8. The molecule has 0 saturated carbocycles. The maximum Gasteiger partial charge on any atom is 0.235 e. The van der Waals surface area contributed by atoms with Crippen molar-refractivity contribution >= 4 is 40.8 Å². The maximum atomic E-state index is 8.59. The molecular weight excluding hydrogens is 423 g/mol. The van der Waals surface area contributed by atoms with Crippen molar-refractivity contribution in [2.45, 2.75) is 32.8 Å². The second-order valence-corrected chi connectivity index (χ2v) is 8.28. The van der Waals surface area contributed by atoms with Gasteiger partial charge in [0.25, 0.3) is 0 Å². The van der Waals surface area contributed by atoms with Crippen LogP contribution in [0.25, 0.3) is 0 Å². The van der Waals surface area contributed by atoms with Crippen molar-refractivity contribution in [3.63, 3.8) is 0 Å². The number of likely N-dealkylation sites (N-methyl/N-ethyl adjacent to an activating group) is 1. The van der Waals surface area contributed by atoms with Gasteiger partial charge in [-0.2, -0.15) is 4.98 Å². The van der Waals surface area contributed by atoms with Crippen LogP contribution in [0.15, 0.2) is 24.3 Å². The zero-order valence-electron chi connectivity index (χ0n) is 17.8. The molecule has 9 heteroatoms. The van der Waals surface area contributed by atoms with E-state index < -0.39 is 0 Å². The lowest BCUT2D eigenvalue weighted by molar-refractivity contribution is 0.0882.